The highest BCUT2D eigenvalue weighted by atomic mass is 16.5. The summed E-state index contributed by atoms with van der Waals surface area (Å²) in [5.74, 6) is 0.0522. The molecule has 2 heterocycles. The summed E-state index contributed by atoms with van der Waals surface area (Å²) in [6.07, 6.45) is 2.08. The van der Waals surface area contributed by atoms with Crippen molar-refractivity contribution in [3.8, 4) is 0 Å². The van der Waals surface area contributed by atoms with Crippen molar-refractivity contribution in [3.05, 3.63) is 17.5 Å². The Morgan fingerprint density at radius 2 is 2.25 bits per heavy atom. The lowest BCUT2D eigenvalue weighted by Crippen LogP contribution is -2.43. The molecule has 1 aromatic rings. The van der Waals surface area contributed by atoms with E-state index in [1.807, 2.05) is 13.0 Å². The topological polar surface area (TPSA) is 75.8 Å². The number of piperidine rings is 1. The fraction of sp³-hybridized carbons (Fsp3) is 0.714. The number of likely N-dealkylation sites (tertiary alicyclic amines) is 1. The molecule has 0 unspecified atom stereocenters. The molecule has 0 aliphatic carbocycles. The summed E-state index contributed by atoms with van der Waals surface area (Å²) in [7, 11) is 1.61. The highest BCUT2D eigenvalue weighted by Crippen LogP contribution is 2.35. The summed E-state index contributed by atoms with van der Waals surface area (Å²) in [4.78, 5) is 13.6. The molecule has 0 radical (unpaired) electrons. The third kappa shape index (κ3) is 3.19. The molecular formula is C14H22N2O4. The Hall–Kier alpha value is -1.40. The molecule has 1 aromatic heterocycles. The molecule has 6 heteroatoms. The summed E-state index contributed by atoms with van der Waals surface area (Å²) < 4.78 is 10.1. The number of aromatic nitrogens is 1. The summed E-state index contributed by atoms with van der Waals surface area (Å²) in [5.41, 5.74) is 0.331. The molecule has 0 atom stereocenters. The smallest absolute Gasteiger partial charge is 0.309 e. The number of carboxylic acid groups (broad SMARTS) is 1. The summed E-state index contributed by atoms with van der Waals surface area (Å²) in [6.45, 7) is 4.65. The highest BCUT2D eigenvalue weighted by Gasteiger charge is 2.39. The fourth-order valence-corrected chi connectivity index (χ4v) is 2.73. The second-order valence-electron chi connectivity index (χ2n) is 5.43. The Kier molecular flexibility index (Phi) is 4.77. The van der Waals surface area contributed by atoms with Gasteiger partial charge in [0.05, 0.1) is 11.1 Å². The first-order chi connectivity index (χ1) is 9.59. The van der Waals surface area contributed by atoms with Crippen LogP contribution in [-0.4, -0.2) is 41.3 Å². The molecule has 112 valence electrons. The molecule has 0 saturated carbocycles. The van der Waals surface area contributed by atoms with Gasteiger partial charge in [-0.05, 0) is 32.4 Å². The second kappa shape index (κ2) is 6.37. The van der Waals surface area contributed by atoms with Gasteiger partial charge < -0.3 is 14.4 Å². The standard InChI is InChI=1S/C14H22N2O4/c1-3-14(13(17)18)4-6-16(7-5-14)9-11-8-12(10-19-2)20-15-11/h8H,3-7,9-10H2,1-2H3,(H,17,18). The van der Waals surface area contributed by atoms with E-state index in [-0.39, 0.29) is 0 Å². The lowest BCUT2D eigenvalue weighted by atomic mass is 9.76. The molecule has 20 heavy (non-hydrogen) atoms. The highest BCUT2D eigenvalue weighted by molar-refractivity contribution is 5.74. The summed E-state index contributed by atoms with van der Waals surface area (Å²) in [6, 6.07) is 1.89. The van der Waals surface area contributed by atoms with E-state index in [2.05, 4.69) is 10.1 Å². The van der Waals surface area contributed by atoms with Crippen molar-refractivity contribution in [2.75, 3.05) is 20.2 Å². The maximum absolute atomic E-state index is 11.4. The number of hydrogen-bond donors (Lipinski definition) is 1. The van der Waals surface area contributed by atoms with E-state index in [1.165, 1.54) is 0 Å². The average molecular weight is 282 g/mol. The third-order valence-electron chi connectivity index (χ3n) is 4.22. The molecule has 0 bridgehead atoms. The van der Waals surface area contributed by atoms with E-state index >= 15 is 0 Å². The van der Waals surface area contributed by atoms with E-state index in [9.17, 15) is 9.90 Å². The molecule has 0 amide bonds. The number of hydrogen-bond acceptors (Lipinski definition) is 5. The number of ether oxygens (including phenoxy) is 1. The summed E-state index contributed by atoms with van der Waals surface area (Å²) in [5, 5.41) is 13.4. The SMILES string of the molecule is CCC1(C(=O)O)CCN(Cc2cc(COC)on2)CC1. The number of rotatable bonds is 6. The minimum atomic E-state index is -0.663. The van der Waals surface area contributed by atoms with Gasteiger partial charge in [0.1, 0.15) is 6.61 Å². The normalized spacial score (nSPS) is 19.1. The maximum Gasteiger partial charge on any atom is 0.309 e. The Morgan fingerprint density at radius 1 is 1.55 bits per heavy atom. The minimum Gasteiger partial charge on any atom is -0.481 e. The lowest BCUT2D eigenvalue weighted by molar-refractivity contribution is -0.152. The van der Waals surface area contributed by atoms with Crippen molar-refractivity contribution in [1.82, 2.24) is 10.1 Å². The van der Waals surface area contributed by atoms with Gasteiger partial charge in [-0.15, -0.1) is 0 Å². The first-order valence-electron chi connectivity index (χ1n) is 6.99. The van der Waals surface area contributed by atoms with Crippen molar-refractivity contribution in [2.45, 2.75) is 39.3 Å². The number of nitrogens with zero attached hydrogens (tertiary/aromatic N) is 2. The van der Waals surface area contributed by atoms with Crippen molar-refractivity contribution >= 4 is 5.97 Å². The second-order valence-corrected chi connectivity index (χ2v) is 5.43. The zero-order chi connectivity index (χ0) is 14.6. The average Bonchev–Trinajstić information content (AvgIpc) is 2.87. The Labute approximate surface area is 118 Å². The van der Waals surface area contributed by atoms with Gasteiger partial charge in [-0.1, -0.05) is 12.1 Å². The molecular weight excluding hydrogens is 260 g/mol. The van der Waals surface area contributed by atoms with Crippen LogP contribution in [0.4, 0.5) is 0 Å². The molecule has 1 aliphatic heterocycles. The van der Waals surface area contributed by atoms with Crippen LogP contribution in [-0.2, 0) is 22.7 Å². The van der Waals surface area contributed by atoms with Gasteiger partial charge in [0.15, 0.2) is 5.76 Å². The Morgan fingerprint density at radius 3 is 2.80 bits per heavy atom. The quantitative estimate of drug-likeness (QED) is 0.858. The number of carboxylic acids is 1. The largest absolute Gasteiger partial charge is 0.481 e. The monoisotopic (exact) mass is 282 g/mol. The predicted octanol–water partition coefficient (Wildman–Crippen LogP) is 1.90. The van der Waals surface area contributed by atoms with Crippen LogP contribution in [0.5, 0.6) is 0 Å². The molecule has 0 aromatic carbocycles. The van der Waals surface area contributed by atoms with Gasteiger partial charge in [-0.3, -0.25) is 9.69 Å². The summed E-state index contributed by atoms with van der Waals surface area (Å²) >= 11 is 0. The van der Waals surface area contributed by atoms with Crippen LogP contribution in [0.2, 0.25) is 0 Å². The minimum absolute atomic E-state index is 0.422. The van der Waals surface area contributed by atoms with E-state index in [0.29, 0.717) is 38.2 Å². The first kappa shape index (κ1) is 15.0. The van der Waals surface area contributed by atoms with Crippen molar-refractivity contribution in [2.24, 2.45) is 5.41 Å². The van der Waals surface area contributed by atoms with Crippen LogP contribution in [0.15, 0.2) is 10.6 Å². The van der Waals surface area contributed by atoms with E-state index in [1.54, 1.807) is 7.11 Å². The fourth-order valence-electron chi connectivity index (χ4n) is 2.73. The molecule has 1 N–H and O–H groups in total. The van der Waals surface area contributed by atoms with Gasteiger partial charge in [-0.25, -0.2) is 0 Å². The van der Waals surface area contributed by atoms with Crippen LogP contribution in [0.25, 0.3) is 0 Å². The third-order valence-corrected chi connectivity index (χ3v) is 4.22. The molecule has 6 nitrogen and oxygen atoms in total. The van der Waals surface area contributed by atoms with E-state index < -0.39 is 11.4 Å². The molecule has 2 rings (SSSR count). The van der Waals surface area contributed by atoms with Crippen molar-refractivity contribution in [1.29, 1.82) is 0 Å². The van der Waals surface area contributed by atoms with Gasteiger partial charge in [-0.2, -0.15) is 0 Å². The van der Waals surface area contributed by atoms with Crippen LogP contribution in [0.3, 0.4) is 0 Å². The Balaban J connectivity index is 1.89. The molecule has 0 spiro atoms. The van der Waals surface area contributed by atoms with E-state index in [4.69, 9.17) is 9.26 Å². The zero-order valence-electron chi connectivity index (χ0n) is 12.1. The van der Waals surface area contributed by atoms with Gasteiger partial charge >= 0.3 is 5.97 Å². The number of methoxy groups -OCH3 is 1. The van der Waals surface area contributed by atoms with Crippen LogP contribution in [0, 0.1) is 5.41 Å². The first-order valence-corrected chi connectivity index (χ1v) is 6.99. The van der Waals surface area contributed by atoms with Gasteiger partial charge in [0.25, 0.3) is 0 Å². The van der Waals surface area contributed by atoms with Crippen LogP contribution in [0.1, 0.15) is 37.6 Å². The van der Waals surface area contributed by atoms with E-state index in [0.717, 1.165) is 18.8 Å². The van der Waals surface area contributed by atoms with Crippen LogP contribution >= 0.6 is 0 Å². The van der Waals surface area contributed by atoms with Gasteiger partial charge in [0.2, 0.25) is 0 Å². The number of aliphatic carboxylic acids is 1. The van der Waals surface area contributed by atoms with Crippen LogP contribution < -0.4 is 0 Å². The molecule has 1 saturated heterocycles. The maximum atomic E-state index is 11.4. The van der Waals surface area contributed by atoms with Crippen molar-refractivity contribution in [3.63, 3.8) is 0 Å². The molecule has 1 fully saturated rings. The van der Waals surface area contributed by atoms with Gasteiger partial charge in [0, 0.05) is 19.7 Å². The number of carbonyl (C=O) groups is 1. The zero-order valence-corrected chi connectivity index (χ0v) is 12.1. The Bertz CT molecular complexity index is 450. The predicted molar refractivity (Wildman–Crippen MR) is 72.1 cm³/mol. The van der Waals surface area contributed by atoms with Crippen molar-refractivity contribution < 1.29 is 19.2 Å². The lowest BCUT2D eigenvalue weighted by Gasteiger charge is -2.37. The molecule has 1 aliphatic rings.